The Balaban J connectivity index is 2.19. The van der Waals surface area contributed by atoms with Crippen LogP contribution < -0.4 is 10.1 Å². The Morgan fingerprint density at radius 3 is 2.76 bits per heavy atom. The molecule has 1 N–H and O–H groups in total. The van der Waals surface area contributed by atoms with E-state index in [4.69, 9.17) is 4.74 Å². The molecule has 0 saturated carbocycles. The molecule has 0 atom stereocenters. The number of carbonyl (C=O) groups is 1. The average molecular weight is 306 g/mol. The van der Waals surface area contributed by atoms with E-state index in [2.05, 4.69) is 5.32 Å². The van der Waals surface area contributed by atoms with Gasteiger partial charge in [-0.25, -0.2) is 0 Å². The Morgan fingerprint density at radius 1 is 1.43 bits per heavy atom. The molecule has 2 rings (SSSR count). The first-order valence-electron chi connectivity index (χ1n) is 6.16. The van der Waals surface area contributed by atoms with Crippen LogP contribution >= 0.6 is 11.3 Å². The lowest BCUT2D eigenvalue weighted by Crippen LogP contribution is -2.23. The molecular formula is C14H14N2O4S. The van der Waals surface area contributed by atoms with E-state index in [9.17, 15) is 14.9 Å². The van der Waals surface area contributed by atoms with Crippen molar-refractivity contribution in [2.45, 2.75) is 13.5 Å². The highest BCUT2D eigenvalue weighted by Gasteiger charge is 2.17. The monoisotopic (exact) mass is 306 g/mol. The van der Waals surface area contributed by atoms with Gasteiger partial charge in [-0.15, -0.1) is 11.3 Å². The van der Waals surface area contributed by atoms with Crippen LogP contribution in [0.25, 0.3) is 0 Å². The van der Waals surface area contributed by atoms with Crippen molar-refractivity contribution in [1.29, 1.82) is 0 Å². The topological polar surface area (TPSA) is 81.5 Å². The van der Waals surface area contributed by atoms with Crippen molar-refractivity contribution in [2.75, 3.05) is 7.11 Å². The summed E-state index contributed by atoms with van der Waals surface area (Å²) in [7, 11) is 1.42. The molecule has 0 bridgehead atoms. The van der Waals surface area contributed by atoms with Crippen LogP contribution in [0.1, 0.15) is 20.8 Å². The molecule has 0 aliphatic rings. The summed E-state index contributed by atoms with van der Waals surface area (Å²) in [4.78, 5) is 23.5. The van der Waals surface area contributed by atoms with Crippen LogP contribution in [-0.4, -0.2) is 17.9 Å². The van der Waals surface area contributed by atoms with E-state index in [0.29, 0.717) is 12.3 Å². The van der Waals surface area contributed by atoms with Crippen molar-refractivity contribution in [3.8, 4) is 5.75 Å². The number of non-ortho nitro benzene ring substituents is 1. The maximum atomic E-state index is 12.2. The highest BCUT2D eigenvalue weighted by molar-refractivity contribution is 7.10. The van der Waals surface area contributed by atoms with Crippen molar-refractivity contribution in [3.63, 3.8) is 0 Å². The van der Waals surface area contributed by atoms with Crippen molar-refractivity contribution in [3.05, 3.63) is 55.8 Å². The smallest absolute Gasteiger partial charge is 0.270 e. The number of nitrogens with zero attached hydrogens (tertiary/aromatic N) is 1. The number of benzene rings is 1. The number of nitrogens with one attached hydrogen (secondary N) is 1. The third kappa shape index (κ3) is 3.38. The minimum absolute atomic E-state index is 0.145. The summed E-state index contributed by atoms with van der Waals surface area (Å²) in [5.74, 6) is -0.0932. The predicted octanol–water partition coefficient (Wildman–Crippen LogP) is 2.90. The summed E-state index contributed by atoms with van der Waals surface area (Å²) < 4.78 is 5.08. The number of nitro groups is 1. The molecule has 1 aromatic carbocycles. The number of amides is 1. The van der Waals surface area contributed by atoms with Crippen LogP contribution in [0, 0.1) is 17.0 Å². The molecule has 0 saturated heterocycles. The molecule has 1 aromatic heterocycles. The number of hydrogen-bond donors (Lipinski definition) is 1. The van der Waals surface area contributed by atoms with E-state index in [1.165, 1.54) is 25.3 Å². The third-order valence-corrected chi connectivity index (χ3v) is 4.04. The van der Waals surface area contributed by atoms with Crippen molar-refractivity contribution < 1.29 is 14.5 Å². The first-order chi connectivity index (χ1) is 10.0. The zero-order valence-corrected chi connectivity index (χ0v) is 12.4. The van der Waals surface area contributed by atoms with E-state index in [-0.39, 0.29) is 11.3 Å². The van der Waals surface area contributed by atoms with Gasteiger partial charge in [-0.05, 0) is 30.0 Å². The van der Waals surface area contributed by atoms with Gasteiger partial charge in [-0.2, -0.15) is 0 Å². The molecule has 1 amide bonds. The zero-order valence-electron chi connectivity index (χ0n) is 11.6. The SMILES string of the molecule is COc1ccc([N+](=O)[O-])cc1C(=O)NCc1sccc1C. The Bertz CT molecular complexity index is 681. The summed E-state index contributed by atoms with van der Waals surface area (Å²) in [6.45, 7) is 2.35. The number of aryl methyl sites for hydroxylation is 1. The summed E-state index contributed by atoms with van der Waals surface area (Å²) in [6.07, 6.45) is 0. The molecule has 110 valence electrons. The van der Waals surface area contributed by atoms with Crippen LogP contribution in [0.5, 0.6) is 5.75 Å². The van der Waals surface area contributed by atoms with Gasteiger partial charge in [0, 0.05) is 17.0 Å². The van der Waals surface area contributed by atoms with Crippen LogP contribution in [0.2, 0.25) is 0 Å². The second kappa shape index (κ2) is 6.36. The Labute approximate surface area is 125 Å². The second-order valence-electron chi connectivity index (χ2n) is 4.35. The molecule has 2 aromatic rings. The number of rotatable bonds is 5. The second-order valence-corrected chi connectivity index (χ2v) is 5.35. The van der Waals surface area contributed by atoms with Crippen LogP contribution in [-0.2, 0) is 6.54 Å². The normalized spacial score (nSPS) is 10.2. The van der Waals surface area contributed by atoms with Crippen LogP contribution in [0.4, 0.5) is 5.69 Å². The van der Waals surface area contributed by atoms with Gasteiger partial charge in [0.1, 0.15) is 5.75 Å². The quantitative estimate of drug-likeness (QED) is 0.680. The standard InChI is InChI=1S/C14H14N2O4S/c1-9-5-6-21-13(9)8-15-14(17)11-7-10(16(18)19)3-4-12(11)20-2/h3-7H,8H2,1-2H3,(H,15,17). The van der Waals surface area contributed by atoms with Gasteiger partial charge in [-0.1, -0.05) is 0 Å². The molecule has 7 heteroatoms. The third-order valence-electron chi connectivity index (χ3n) is 3.02. The molecular weight excluding hydrogens is 292 g/mol. The fourth-order valence-corrected chi connectivity index (χ4v) is 2.67. The fraction of sp³-hybridized carbons (Fsp3) is 0.214. The van der Waals surface area contributed by atoms with E-state index in [1.54, 1.807) is 11.3 Å². The molecule has 21 heavy (non-hydrogen) atoms. The highest BCUT2D eigenvalue weighted by atomic mass is 32.1. The van der Waals surface area contributed by atoms with Gasteiger partial charge in [0.15, 0.2) is 0 Å². The molecule has 0 aliphatic heterocycles. The summed E-state index contributed by atoms with van der Waals surface area (Å²) in [5.41, 5.74) is 1.11. The average Bonchev–Trinajstić information content (AvgIpc) is 2.89. The largest absolute Gasteiger partial charge is 0.496 e. The van der Waals surface area contributed by atoms with Gasteiger partial charge < -0.3 is 10.1 Å². The van der Waals surface area contributed by atoms with Gasteiger partial charge in [0.2, 0.25) is 0 Å². The molecule has 0 unspecified atom stereocenters. The Morgan fingerprint density at radius 2 is 2.19 bits per heavy atom. The molecule has 0 radical (unpaired) electrons. The zero-order chi connectivity index (χ0) is 15.4. The fourth-order valence-electron chi connectivity index (χ4n) is 1.83. The first kappa shape index (κ1) is 15.0. The summed E-state index contributed by atoms with van der Waals surface area (Å²) in [5, 5.41) is 15.5. The number of hydrogen-bond acceptors (Lipinski definition) is 5. The number of methoxy groups -OCH3 is 1. The lowest BCUT2D eigenvalue weighted by atomic mass is 10.1. The minimum atomic E-state index is -0.542. The van der Waals surface area contributed by atoms with E-state index >= 15 is 0 Å². The number of thiophene rings is 1. The molecule has 0 fully saturated rings. The molecule has 1 heterocycles. The molecule has 6 nitrogen and oxygen atoms in total. The van der Waals surface area contributed by atoms with Gasteiger partial charge in [0.05, 0.1) is 24.1 Å². The Hall–Kier alpha value is -2.41. The van der Waals surface area contributed by atoms with E-state index < -0.39 is 10.8 Å². The Kier molecular flexibility index (Phi) is 4.54. The maximum Gasteiger partial charge on any atom is 0.270 e. The number of carbonyl (C=O) groups excluding carboxylic acids is 1. The highest BCUT2D eigenvalue weighted by Crippen LogP contribution is 2.24. The van der Waals surface area contributed by atoms with Crippen molar-refractivity contribution in [2.24, 2.45) is 0 Å². The molecule has 0 spiro atoms. The first-order valence-corrected chi connectivity index (χ1v) is 7.04. The lowest BCUT2D eigenvalue weighted by molar-refractivity contribution is -0.384. The van der Waals surface area contributed by atoms with Crippen LogP contribution in [0.15, 0.2) is 29.6 Å². The minimum Gasteiger partial charge on any atom is -0.496 e. The van der Waals surface area contributed by atoms with E-state index in [0.717, 1.165) is 10.4 Å². The number of ether oxygens (including phenoxy) is 1. The van der Waals surface area contributed by atoms with Gasteiger partial charge in [-0.3, -0.25) is 14.9 Å². The number of nitro benzene ring substituents is 1. The lowest BCUT2D eigenvalue weighted by Gasteiger charge is -2.09. The van der Waals surface area contributed by atoms with E-state index in [1.807, 2.05) is 18.4 Å². The maximum absolute atomic E-state index is 12.2. The summed E-state index contributed by atoms with van der Waals surface area (Å²) in [6, 6.07) is 5.91. The summed E-state index contributed by atoms with van der Waals surface area (Å²) >= 11 is 1.55. The predicted molar refractivity (Wildman–Crippen MR) is 79.9 cm³/mol. The van der Waals surface area contributed by atoms with Gasteiger partial charge in [0.25, 0.3) is 11.6 Å². The van der Waals surface area contributed by atoms with Crippen molar-refractivity contribution in [1.82, 2.24) is 5.32 Å². The van der Waals surface area contributed by atoms with Crippen molar-refractivity contribution >= 4 is 22.9 Å². The molecule has 0 aliphatic carbocycles. The van der Waals surface area contributed by atoms with Gasteiger partial charge >= 0.3 is 0 Å². The van der Waals surface area contributed by atoms with Crippen LogP contribution in [0.3, 0.4) is 0 Å².